The van der Waals surface area contributed by atoms with Crippen LogP contribution in [0.25, 0.3) is 0 Å². The van der Waals surface area contributed by atoms with Crippen molar-refractivity contribution >= 4 is 5.91 Å². The molecule has 0 aliphatic heterocycles. The number of hydrogen-bond acceptors (Lipinski definition) is 3. The van der Waals surface area contributed by atoms with Gasteiger partial charge in [0.25, 0.3) is 0 Å². The smallest absolute Gasteiger partial charge is 0.348 e. The van der Waals surface area contributed by atoms with Crippen LogP contribution in [0.5, 0.6) is 0 Å². The second kappa shape index (κ2) is 4.32. The molecule has 0 aromatic carbocycles. The molecule has 0 saturated heterocycles. The van der Waals surface area contributed by atoms with Crippen molar-refractivity contribution in [1.82, 2.24) is 5.43 Å². The SMILES string of the molecule is CC(C)OCC(F)(F)C(=O)NN. The van der Waals surface area contributed by atoms with E-state index in [1.807, 2.05) is 0 Å². The minimum Gasteiger partial charge on any atom is -0.372 e. The molecule has 0 radical (unpaired) electrons. The lowest BCUT2D eigenvalue weighted by Crippen LogP contribution is -2.46. The molecule has 0 aliphatic rings. The van der Waals surface area contributed by atoms with Crippen LogP contribution >= 0.6 is 0 Å². The van der Waals surface area contributed by atoms with Gasteiger partial charge in [0, 0.05) is 0 Å². The molecule has 0 saturated carbocycles. The molecular weight excluding hydrogens is 170 g/mol. The fraction of sp³-hybridized carbons (Fsp3) is 0.833. The van der Waals surface area contributed by atoms with Crippen molar-refractivity contribution in [2.75, 3.05) is 6.61 Å². The number of halogens is 2. The number of nitrogens with two attached hydrogens (primary N) is 1. The minimum absolute atomic E-state index is 0.346. The Bertz CT molecular complexity index is 162. The topological polar surface area (TPSA) is 64.3 Å². The monoisotopic (exact) mass is 182 g/mol. The molecule has 0 atom stereocenters. The summed E-state index contributed by atoms with van der Waals surface area (Å²) in [4.78, 5) is 10.4. The van der Waals surface area contributed by atoms with Crippen molar-refractivity contribution in [2.45, 2.75) is 25.9 Å². The Balaban J connectivity index is 3.95. The molecule has 3 N–H and O–H groups in total. The molecule has 12 heavy (non-hydrogen) atoms. The molecule has 0 fully saturated rings. The minimum atomic E-state index is -3.56. The van der Waals surface area contributed by atoms with Crippen LogP contribution in [0.2, 0.25) is 0 Å². The number of ether oxygens (including phenoxy) is 1. The third kappa shape index (κ3) is 3.59. The third-order valence-electron chi connectivity index (χ3n) is 1.06. The van der Waals surface area contributed by atoms with Gasteiger partial charge in [-0.05, 0) is 13.8 Å². The molecule has 0 aromatic heterocycles. The van der Waals surface area contributed by atoms with Crippen molar-refractivity contribution in [1.29, 1.82) is 0 Å². The summed E-state index contributed by atoms with van der Waals surface area (Å²) in [5.41, 5.74) is 1.36. The van der Waals surface area contributed by atoms with E-state index in [1.54, 1.807) is 13.8 Å². The maximum atomic E-state index is 12.6. The standard InChI is InChI=1S/C6H12F2N2O2/c1-4(2)12-3-6(7,8)5(11)10-9/h4H,3,9H2,1-2H3,(H,10,11). The predicted octanol–water partition coefficient (Wildman–Crippen LogP) is 0.0366. The highest BCUT2D eigenvalue weighted by Gasteiger charge is 2.38. The van der Waals surface area contributed by atoms with E-state index in [-0.39, 0.29) is 6.10 Å². The van der Waals surface area contributed by atoms with Gasteiger partial charge in [0.2, 0.25) is 0 Å². The molecule has 4 nitrogen and oxygen atoms in total. The summed E-state index contributed by atoms with van der Waals surface area (Å²) < 4.78 is 29.7. The molecule has 6 heteroatoms. The molecule has 1 amide bonds. The Labute approximate surface area is 69.0 Å². The zero-order valence-electron chi connectivity index (χ0n) is 6.93. The summed E-state index contributed by atoms with van der Waals surface area (Å²) in [7, 11) is 0. The first-order valence-corrected chi connectivity index (χ1v) is 3.40. The van der Waals surface area contributed by atoms with Gasteiger partial charge in [-0.1, -0.05) is 0 Å². The Morgan fingerprint density at radius 2 is 2.17 bits per heavy atom. The Kier molecular flexibility index (Phi) is 4.05. The number of rotatable bonds is 4. The molecule has 0 rings (SSSR count). The van der Waals surface area contributed by atoms with E-state index in [0.717, 1.165) is 0 Å². The third-order valence-corrected chi connectivity index (χ3v) is 1.06. The lowest BCUT2D eigenvalue weighted by molar-refractivity contribution is -0.157. The zero-order chi connectivity index (χ0) is 9.78. The van der Waals surface area contributed by atoms with E-state index in [4.69, 9.17) is 0 Å². The van der Waals surface area contributed by atoms with Crippen molar-refractivity contribution < 1.29 is 18.3 Å². The van der Waals surface area contributed by atoms with Gasteiger partial charge in [0.15, 0.2) is 0 Å². The molecule has 0 aromatic rings. The average molecular weight is 182 g/mol. The quantitative estimate of drug-likeness (QED) is 0.366. The van der Waals surface area contributed by atoms with Gasteiger partial charge >= 0.3 is 11.8 Å². The number of nitrogens with one attached hydrogen (secondary N) is 1. The highest BCUT2D eigenvalue weighted by atomic mass is 19.3. The van der Waals surface area contributed by atoms with Gasteiger partial charge in [-0.3, -0.25) is 10.2 Å². The predicted molar refractivity (Wildman–Crippen MR) is 38.4 cm³/mol. The number of hydrazine groups is 1. The molecule has 0 heterocycles. The maximum Gasteiger partial charge on any atom is 0.348 e. The van der Waals surface area contributed by atoms with Crippen LogP contribution in [0.15, 0.2) is 0 Å². The van der Waals surface area contributed by atoms with Crippen LogP contribution < -0.4 is 11.3 Å². The van der Waals surface area contributed by atoms with Crippen molar-refractivity contribution in [2.24, 2.45) is 5.84 Å². The van der Waals surface area contributed by atoms with Gasteiger partial charge < -0.3 is 4.74 Å². The summed E-state index contributed by atoms with van der Waals surface area (Å²) in [6, 6.07) is 0. The van der Waals surface area contributed by atoms with E-state index in [9.17, 15) is 13.6 Å². The fourth-order valence-corrected chi connectivity index (χ4v) is 0.442. The number of carbonyl (C=O) groups is 1. The van der Waals surface area contributed by atoms with Crippen molar-refractivity contribution in [3.05, 3.63) is 0 Å². The van der Waals surface area contributed by atoms with Crippen LogP contribution in [0.3, 0.4) is 0 Å². The molecule has 0 bridgehead atoms. The lowest BCUT2D eigenvalue weighted by Gasteiger charge is -2.15. The summed E-state index contributed by atoms with van der Waals surface area (Å²) in [5.74, 6) is -0.566. The second-order valence-corrected chi connectivity index (χ2v) is 2.54. The van der Waals surface area contributed by atoms with Gasteiger partial charge in [-0.2, -0.15) is 8.78 Å². The molecule has 0 unspecified atom stereocenters. The van der Waals surface area contributed by atoms with E-state index in [0.29, 0.717) is 0 Å². The molecule has 72 valence electrons. The number of carbonyl (C=O) groups excluding carboxylic acids is 1. The highest BCUT2D eigenvalue weighted by molar-refractivity contribution is 5.82. The first-order chi connectivity index (χ1) is 5.40. The normalized spacial score (nSPS) is 11.8. The van der Waals surface area contributed by atoms with E-state index >= 15 is 0 Å². The van der Waals surface area contributed by atoms with E-state index in [1.165, 1.54) is 5.43 Å². The average Bonchev–Trinajstić information content (AvgIpc) is 1.99. The van der Waals surface area contributed by atoms with Crippen LogP contribution in [-0.4, -0.2) is 24.5 Å². The summed E-state index contributed by atoms with van der Waals surface area (Å²) >= 11 is 0. The summed E-state index contributed by atoms with van der Waals surface area (Å²) in [6.45, 7) is 2.24. The van der Waals surface area contributed by atoms with Crippen molar-refractivity contribution in [3.63, 3.8) is 0 Å². The molecule has 0 aliphatic carbocycles. The second-order valence-electron chi connectivity index (χ2n) is 2.54. The van der Waals surface area contributed by atoms with Gasteiger partial charge in [-0.15, -0.1) is 0 Å². The van der Waals surface area contributed by atoms with E-state index in [2.05, 4.69) is 10.6 Å². The fourth-order valence-electron chi connectivity index (χ4n) is 0.442. The summed E-state index contributed by atoms with van der Waals surface area (Å²) in [6.07, 6.45) is -0.346. The van der Waals surface area contributed by atoms with Gasteiger partial charge in [0.1, 0.15) is 6.61 Å². The molecule has 0 spiro atoms. The Hall–Kier alpha value is -0.750. The highest BCUT2D eigenvalue weighted by Crippen LogP contribution is 2.14. The summed E-state index contributed by atoms with van der Waals surface area (Å²) in [5, 5.41) is 0. The van der Waals surface area contributed by atoms with Crippen LogP contribution in [0.4, 0.5) is 8.78 Å². The van der Waals surface area contributed by atoms with Crippen LogP contribution in [0, 0.1) is 0 Å². The lowest BCUT2D eigenvalue weighted by atomic mass is 10.3. The number of alkyl halides is 2. The largest absolute Gasteiger partial charge is 0.372 e. The van der Waals surface area contributed by atoms with E-state index < -0.39 is 18.4 Å². The first kappa shape index (κ1) is 11.2. The zero-order valence-corrected chi connectivity index (χ0v) is 6.93. The number of amides is 1. The Morgan fingerprint density at radius 1 is 1.67 bits per heavy atom. The van der Waals surface area contributed by atoms with Crippen molar-refractivity contribution in [3.8, 4) is 0 Å². The van der Waals surface area contributed by atoms with Crippen LogP contribution in [-0.2, 0) is 9.53 Å². The number of hydrogen-bond donors (Lipinski definition) is 2. The Morgan fingerprint density at radius 3 is 2.50 bits per heavy atom. The first-order valence-electron chi connectivity index (χ1n) is 3.40. The van der Waals surface area contributed by atoms with Crippen LogP contribution in [0.1, 0.15) is 13.8 Å². The van der Waals surface area contributed by atoms with Gasteiger partial charge in [-0.25, -0.2) is 5.84 Å². The van der Waals surface area contributed by atoms with Gasteiger partial charge in [0.05, 0.1) is 6.10 Å². The maximum absolute atomic E-state index is 12.6. The molecular formula is C6H12F2N2O2.